The molecule has 1 aromatic carbocycles. The molecule has 10 heteroatoms. The van der Waals surface area contributed by atoms with Gasteiger partial charge in [0, 0.05) is 30.9 Å². The summed E-state index contributed by atoms with van der Waals surface area (Å²) in [7, 11) is 0. The molecule has 0 saturated carbocycles. The fraction of sp³-hybridized carbons (Fsp3) is 0.240. The molecular formula is C25H22ClN7O2. The number of fused-ring (bicyclic) bond motifs is 1. The normalized spacial score (nSPS) is 15.5. The topological polar surface area (TPSA) is 112 Å². The molecule has 0 radical (unpaired) electrons. The van der Waals surface area contributed by atoms with Crippen LogP contribution in [-0.4, -0.2) is 48.6 Å². The molecule has 1 aliphatic rings. The Kier molecular flexibility index (Phi) is 6.21. The lowest BCUT2D eigenvalue weighted by molar-refractivity contribution is -0.126. The first-order valence-electron chi connectivity index (χ1n) is 11.1. The average Bonchev–Trinajstić information content (AvgIpc) is 3.27. The summed E-state index contributed by atoms with van der Waals surface area (Å²) in [6.45, 7) is 2.85. The van der Waals surface area contributed by atoms with Crippen LogP contribution in [0.2, 0.25) is 5.02 Å². The highest BCUT2D eigenvalue weighted by atomic mass is 35.5. The monoisotopic (exact) mass is 487 g/mol. The number of ether oxygens (including phenoxy) is 1. The fourth-order valence-electron chi connectivity index (χ4n) is 4.20. The van der Waals surface area contributed by atoms with Gasteiger partial charge >= 0.3 is 0 Å². The Bertz CT molecular complexity index is 1440. The first-order chi connectivity index (χ1) is 17.0. The van der Waals surface area contributed by atoms with Crippen molar-refractivity contribution in [1.82, 2.24) is 29.6 Å². The van der Waals surface area contributed by atoms with Crippen LogP contribution >= 0.6 is 11.6 Å². The van der Waals surface area contributed by atoms with Crippen LogP contribution in [0.1, 0.15) is 25.8 Å². The minimum absolute atomic E-state index is 0.0458. The van der Waals surface area contributed by atoms with Crippen LogP contribution in [0.15, 0.2) is 48.9 Å². The van der Waals surface area contributed by atoms with Crippen molar-refractivity contribution in [1.29, 1.82) is 0 Å². The zero-order valence-electron chi connectivity index (χ0n) is 19.0. The van der Waals surface area contributed by atoms with E-state index in [1.54, 1.807) is 24.0 Å². The number of piperidine rings is 1. The second-order valence-corrected chi connectivity index (χ2v) is 8.55. The number of rotatable bonds is 4. The molecule has 1 atom stereocenters. The molecule has 35 heavy (non-hydrogen) atoms. The van der Waals surface area contributed by atoms with E-state index in [9.17, 15) is 4.79 Å². The highest BCUT2D eigenvalue weighted by Crippen LogP contribution is 2.34. The third-order valence-corrected chi connectivity index (χ3v) is 6.05. The van der Waals surface area contributed by atoms with Gasteiger partial charge in [0.15, 0.2) is 5.65 Å². The standard InChI is InChI=1S/C25H22ClN7O2/c1-2-4-21(34)32-12-3-5-18(14-32)33-25-22(24(27)29-15-30-25)23(31-33)16-6-9-19(10-7-16)35-20-11-8-17(26)13-28-20/h6-11,13,15,18H,3,5,12,14H2,1H3,(H2,27,29,30). The number of amides is 1. The largest absolute Gasteiger partial charge is 0.439 e. The van der Waals surface area contributed by atoms with Crippen molar-refractivity contribution in [3.8, 4) is 34.7 Å². The maximum atomic E-state index is 12.4. The minimum Gasteiger partial charge on any atom is -0.439 e. The number of nitrogen functional groups attached to an aromatic ring is 1. The van der Waals surface area contributed by atoms with E-state index in [2.05, 4.69) is 26.8 Å². The minimum atomic E-state index is -0.172. The van der Waals surface area contributed by atoms with Crippen LogP contribution in [0.25, 0.3) is 22.3 Å². The molecule has 1 fully saturated rings. The van der Waals surface area contributed by atoms with Gasteiger partial charge in [-0.1, -0.05) is 17.5 Å². The number of nitrogens with two attached hydrogens (primary N) is 1. The summed E-state index contributed by atoms with van der Waals surface area (Å²) in [5.41, 5.74) is 8.42. The number of likely N-dealkylation sites (tertiary alicyclic amines) is 1. The van der Waals surface area contributed by atoms with E-state index in [-0.39, 0.29) is 11.9 Å². The molecule has 1 saturated heterocycles. The molecule has 4 heterocycles. The van der Waals surface area contributed by atoms with Crippen molar-refractivity contribution in [2.45, 2.75) is 25.8 Å². The number of halogens is 1. The molecule has 0 spiro atoms. The first kappa shape index (κ1) is 22.6. The second-order valence-electron chi connectivity index (χ2n) is 8.11. The van der Waals surface area contributed by atoms with Gasteiger partial charge < -0.3 is 15.4 Å². The lowest BCUT2D eigenvalue weighted by Crippen LogP contribution is -2.40. The molecule has 3 aromatic heterocycles. The highest BCUT2D eigenvalue weighted by molar-refractivity contribution is 6.30. The predicted octanol–water partition coefficient (Wildman–Crippen LogP) is 4.10. The third-order valence-electron chi connectivity index (χ3n) is 5.83. The average molecular weight is 488 g/mol. The van der Waals surface area contributed by atoms with Gasteiger partial charge in [-0.25, -0.2) is 19.6 Å². The number of hydrogen-bond acceptors (Lipinski definition) is 7. The van der Waals surface area contributed by atoms with Crippen molar-refractivity contribution >= 4 is 34.4 Å². The van der Waals surface area contributed by atoms with E-state index >= 15 is 0 Å². The van der Waals surface area contributed by atoms with Gasteiger partial charge in [-0.3, -0.25) is 4.79 Å². The van der Waals surface area contributed by atoms with Gasteiger partial charge in [0.1, 0.15) is 23.6 Å². The van der Waals surface area contributed by atoms with Gasteiger partial charge in [-0.2, -0.15) is 5.10 Å². The smallest absolute Gasteiger partial charge is 0.298 e. The van der Waals surface area contributed by atoms with E-state index in [1.807, 2.05) is 28.9 Å². The van der Waals surface area contributed by atoms with Crippen molar-refractivity contribution in [3.63, 3.8) is 0 Å². The lowest BCUT2D eigenvalue weighted by Gasteiger charge is -2.31. The molecule has 0 aliphatic carbocycles. The van der Waals surface area contributed by atoms with E-state index in [4.69, 9.17) is 27.2 Å². The van der Waals surface area contributed by atoms with Crippen LogP contribution in [0.5, 0.6) is 11.6 Å². The molecule has 4 aromatic rings. The Balaban J connectivity index is 1.47. The van der Waals surface area contributed by atoms with Crippen LogP contribution in [-0.2, 0) is 4.79 Å². The number of hydrogen-bond donors (Lipinski definition) is 1. The van der Waals surface area contributed by atoms with Gasteiger partial charge in [-0.15, -0.1) is 0 Å². The summed E-state index contributed by atoms with van der Waals surface area (Å²) in [5.74, 6) is 6.55. The first-order valence-corrected chi connectivity index (χ1v) is 11.5. The van der Waals surface area contributed by atoms with Crippen LogP contribution in [0.4, 0.5) is 5.82 Å². The Morgan fingerprint density at radius 1 is 1.17 bits per heavy atom. The third kappa shape index (κ3) is 4.61. The van der Waals surface area contributed by atoms with E-state index in [1.165, 1.54) is 12.5 Å². The molecule has 2 N–H and O–H groups in total. The Morgan fingerprint density at radius 3 is 2.74 bits per heavy atom. The number of benzene rings is 1. The van der Waals surface area contributed by atoms with E-state index in [0.29, 0.717) is 52.3 Å². The van der Waals surface area contributed by atoms with E-state index < -0.39 is 0 Å². The summed E-state index contributed by atoms with van der Waals surface area (Å²) < 4.78 is 7.66. The fourth-order valence-corrected chi connectivity index (χ4v) is 4.31. The summed E-state index contributed by atoms with van der Waals surface area (Å²) >= 11 is 5.89. The van der Waals surface area contributed by atoms with Crippen LogP contribution in [0, 0.1) is 11.8 Å². The molecule has 1 aliphatic heterocycles. The maximum absolute atomic E-state index is 12.4. The summed E-state index contributed by atoms with van der Waals surface area (Å²) in [5, 5.41) is 6.12. The molecule has 9 nitrogen and oxygen atoms in total. The zero-order chi connectivity index (χ0) is 24.4. The molecule has 1 amide bonds. The number of carbonyl (C=O) groups excluding carboxylic acids is 1. The summed E-state index contributed by atoms with van der Waals surface area (Å²) in [6, 6.07) is 10.8. The van der Waals surface area contributed by atoms with Gasteiger partial charge in [-0.05, 0) is 56.0 Å². The van der Waals surface area contributed by atoms with Crippen molar-refractivity contribution in [2.75, 3.05) is 18.8 Å². The van der Waals surface area contributed by atoms with Gasteiger partial charge in [0.2, 0.25) is 5.88 Å². The zero-order valence-corrected chi connectivity index (χ0v) is 19.7. The number of aromatic nitrogens is 5. The molecule has 176 valence electrons. The molecule has 1 unspecified atom stereocenters. The number of pyridine rings is 1. The second kappa shape index (κ2) is 9.60. The number of nitrogens with zero attached hydrogens (tertiary/aromatic N) is 6. The van der Waals surface area contributed by atoms with Gasteiger partial charge in [0.05, 0.1) is 16.5 Å². The van der Waals surface area contributed by atoms with E-state index in [0.717, 1.165) is 18.4 Å². The Morgan fingerprint density at radius 2 is 2.00 bits per heavy atom. The summed E-state index contributed by atoms with van der Waals surface area (Å²) in [4.78, 5) is 26.9. The SMILES string of the molecule is CC#CC(=O)N1CCCC(n2nc(-c3ccc(Oc4ccc(Cl)cn4)cc3)c3c(N)ncnc32)C1. The Hall–Kier alpha value is -4.16. The van der Waals surface area contributed by atoms with Crippen LogP contribution in [0.3, 0.4) is 0 Å². The van der Waals surface area contributed by atoms with Crippen molar-refractivity contribution in [3.05, 3.63) is 53.9 Å². The van der Waals surface area contributed by atoms with Crippen molar-refractivity contribution in [2.24, 2.45) is 0 Å². The summed E-state index contributed by atoms with van der Waals surface area (Å²) in [6.07, 6.45) is 4.68. The Labute approximate surface area is 206 Å². The predicted molar refractivity (Wildman–Crippen MR) is 133 cm³/mol. The van der Waals surface area contributed by atoms with Crippen molar-refractivity contribution < 1.29 is 9.53 Å². The lowest BCUT2D eigenvalue weighted by atomic mass is 10.1. The molecule has 0 bridgehead atoms. The molecular weight excluding hydrogens is 466 g/mol. The quantitative estimate of drug-likeness (QED) is 0.431. The maximum Gasteiger partial charge on any atom is 0.298 e. The van der Waals surface area contributed by atoms with Crippen LogP contribution < -0.4 is 10.5 Å². The highest BCUT2D eigenvalue weighted by Gasteiger charge is 2.28. The number of carbonyl (C=O) groups is 1. The van der Waals surface area contributed by atoms with Gasteiger partial charge in [0.25, 0.3) is 5.91 Å². The molecule has 5 rings (SSSR count). The number of anilines is 1.